The van der Waals surface area contributed by atoms with Crippen molar-refractivity contribution in [1.29, 1.82) is 0 Å². The zero-order valence-electron chi connectivity index (χ0n) is 14.2. The Morgan fingerprint density at radius 1 is 0.962 bits per heavy atom. The SMILES string of the molecule is Cc1ccc([C@@H](NC(=S)Nc2ccc(Br)c(Cl)c2)c2ccccc2)cc1. The molecule has 2 N–H and O–H groups in total. The van der Waals surface area contributed by atoms with Crippen molar-refractivity contribution in [1.82, 2.24) is 5.32 Å². The van der Waals surface area contributed by atoms with Gasteiger partial charge in [0.25, 0.3) is 0 Å². The molecular weight excluding hydrogens is 428 g/mol. The van der Waals surface area contributed by atoms with Gasteiger partial charge < -0.3 is 10.6 Å². The largest absolute Gasteiger partial charge is 0.352 e. The molecule has 1 atom stereocenters. The molecule has 26 heavy (non-hydrogen) atoms. The minimum absolute atomic E-state index is 0.0391. The highest BCUT2D eigenvalue weighted by Crippen LogP contribution is 2.26. The Bertz CT molecular complexity index is 898. The van der Waals surface area contributed by atoms with E-state index in [1.807, 2.05) is 36.4 Å². The molecular formula is C21H18BrClN2S. The Morgan fingerprint density at radius 3 is 2.27 bits per heavy atom. The molecule has 3 aromatic carbocycles. The van der Waals surface area contributed by atoms with Gasteiger partial charge in [0.2, 0.25) is 0 Å². The second kappa shape index (κ2) is 8.67. The van der Waals surface area contributed by atoms with Gasteiger partial charge in [-0.05, 0) is 64.4 Å². The van der Waals surface area contributed by atoms with Gasteiger partial charge in [0, 0.05) is 10.2 Å². The first-order chi connectivity index (χ1) is 12.5. The van der Waals surface area contributed by atoms with E-state index >= 15 is 0 Å². The van der Waals surface area contributed by atoms with Crippen molar-refractivity contribution in [2.24, 2.45) is 0 Å². The Morgan fingerprint density at radius 2 is 1.62 bits per heavy atom. The maximum Gasteiger partial charge on any atom is 0.171 e. The van der Waals surface area contributed by atoms with Crippen LogP contribution in [0.5, 0.6) is 0 Å². The molecule has 3 rings (SSSR count). The lowest BCUT2D eigenvalue weighted by Crippen LogP contribution is -2.33. The van der Waals surface area contributed by atoms with Gasteiger partial charge in [0.15, 0.2) is 5.11 Å². The van der Waals surface area contributed by atoms with E-state index in [0.29, 0.717) is 10.1 Å². The van der Waals surface area contributed by atoms with Crippen LogP contribution in [0.15, 0.2) is 77.3 Å². The molecule has 0 saturated carbocycles. The highest BCUT2D eigenvalue weighted by Gasteiger charge is 2.15. The smallest absolute Gasteiger partial charge is 0.171 e. The van der Waals surface area contributed by atoms with E-state index in [0.717, 1.165) is 21.3 Å². The molecule has 0 amide bonds. The Balaban J connectivity index is 1.82. The van der Waals surface area contributed by atoms with Crippen LogP contribution in [-0.2, 0) is 0 Å². The van der Waals surface area contributed by atoms with Crippen LogP contribution in [0.25, 0.3) is 0 Å². The van der Waals surface area contributed by atoms with E-state index in [-0.39, 0.29) is 6.04 Å². The maximum absolute atomic E-state index is 6.16. The monoisotopic (exact) mass is 444 g/mol. The van der Waals surface area contributed by atoms with Crippen molar-refractivity contribution in [3.8, 4) is 0 Å². The topological polar surface area (TPSA) is 24.1 Å². The lowest BCUT2D eigenvalue weighted by atomic mass is 9.98. The molecule has 0 aromatic heterocycles. The predicted octanol–water partition coefficient (Wildman–Crippen LogP) is 6.49. The van der Waals surface area contributed by atoms with Crippen LogP contribution < -0.4 is 10.6 Å². The minimum Gasteiger partial charge on any atom is -0.352 e. The summed E-state index contributed by atoms with van der Waals surface area (Å²) < 4.78 is 0.852. The van der Waals surface area contributed by atoms with Gasteiger partial charge in [-0.15, -0.1) is 0 Å². The molecule has 2 nitrogen and oxygen atoms in total. The molecule has 0 aliphatic heterocycles. The lowest BCUT2D eigenvalue weighted by molar-refractivity contribution is 0.768. The average molecular weight is 446 g/mol. The molecule has 0 bridgehead atoms. The molecule has 0 spiro atoms. The third kappa shape index (κ3) is 4.85. The van der Waals surface area contributed by atoms with Crippen molar-refractivity contribution < 1.29 is 0 Å². The van der Waals surface area contributed by atoms with E-state index in [9.17, 15) is 0 Å². The molecule has 0 aliphatic carbocycles. The zero-order valence-corrected chi connectivity index (χ0v) is 17.3. The molecule has 5 heteroatoms. The standard InChI is InChI=1S/C21H18BrClN2S/c1-14-7-9-16(10-8-14)20(15-5-3-2-4-6-15)25-21(26)24-17-11-12-18(22)19(23)13-17/h2-13,20H,1H3,(H2,24,25,26)/t20-/m0/s1. The van der Waals surface area contributed by atoms with Gasteiger partial charge in [-0.2, -0.15) is 0 Å². The number of hydrogen-bond donors (Lipinski definition) is 2. The summed E-state index contributed by atoms with van der Waals surface area (Å²) in [5.41, 5.74) is 4.37. The summed E-state index contributed by atoms with van der Waals surface area (Å²) in [6.45, 7) is 2.08. The molecule has 0 fully saturated rings. The maximum atomic E-state index is 6.16. The van der Waals surface area contributed by atoms with Gasteiger partial charge >= 0.3 is 0 Å². The second-order valence-corrected chi connectivity index (χ2v) is 7.65. The number of aryl methyl sites for hydroxylation is 1. The first-order valence-corrected chi connectivity index (χ1v) is 9.75. The van der Waals surface area contributed by atoms with Crippen LogP contribution in [0.2, 0.25) is 5.02 Å². The number of hydrogen-bond acceptors (Lipinski definition) is 1. The third-order valence-corrected chi connectivity index (χ3v) is 5.45. The molecule has 132 valence electrons. The number of benzene rings is 3. The van der Waals surface area contributed by atoms with Crippen molar-refractivity contribution in [2.45, 2.75) is 13.0 Å². The molecule has 3 aromatic rings. The predicted molar refractivity (Wildman–Crippen MR) is 118 cm³/mol. The molecule has 0 unspecified atom stereocenters. The van der Waals surface area contributed by atoms with E-state index in [4.69, 9.17) is 23.8 Å². The third-order valence-electron chi connectivity index (χ3n) is 4.00. The quantitative estimate of drug-likeness (QED) is 0.449. The van der Waals surface area contributed by atoms with Crippen molar-refractivity contribution >= 4 is 50.5 Å². The van der Waals surface area contributed by atoms with Crippen LogP contribution in [0.3, 0.4) is 0 Å². The summed E-state index contributed by atoms with van der Waals surface area (Å²) in [5.74, 6) is 0. The number of nitrogens with one attached hydrogen (secondary N) is 2. The van der Waals surface area contributed by atoms with E-state index in [2.05, 4.69) is 69.9 Å². The van der Waals surface area contributed by atoms with Crippen LogP contribution >= 0.6 is 39.7 Å². The molecule has 0 heterocycles. The van der Waals surface area contributed by atoms with Gasteiger partial charge in [-0.25, -0.2) is 0 Å². The molecule has 0 saturated heterocycles. The summed E-state index contributed by atoms with van der Waals surface area (Å²) in [6.07, 6.45) is 0. The summed E-state index contributed by atoms with van der Waals surface area (Å²) in [4.78, 5) is 0. The lowest BCUT2D eigenvalue weighted by Gasteiger charge is -2.22. The van der Waals surface area contributed by atoms with Gasteiger partial charge in [0.1, 0.15) is 0 Å². The van der Waals surface area contributed by atoms with Crippen LogP contribution in [0.1, 0.15) is 22.7 Å². The van der Waals surface area contributed by atoms with Crippen molar-refractivity contribution in [2.75, 3.05) is 5.32 Å². The van der Waals surface area contributed by atoms with Crippen LogP contribution in [0.4, 0.5) is 5.69 Å². The first-order valence-electron chi connectivity index (χ1n) is 8.17. The first kappa shape index (κ1) is 18.9. The fourth-order valence-corrected chi connectivity index (χ4v) is 3.30. The number of rotatable bonds is 4. The van der Waals surface area contributed by atoms with Crippen molar-refractivity contribution in [3.63, 3.8) is 0 Å². The summed E-state index contributed by atoms with van der Waals surface area (Å²) >= 11 is 15.1. The average Bonchev–Trinajstić information content (AvgIpc) is 2.64. The Labute approximate surface area is 172 Å². The van der Waals surface area contributed by atoms with Gasteiger partial charge in [-0.1, -0.05) is 71.8 Å². The number of halogens is 2. The Kier molecular flexibility index (Phi) is 6.30. The van der Waals surface area contributed by atoms with E-state index in [1.165, 1.54) is 5.56 Å². The fraction of sp³-hybridized carbons (Fsp3) is 0.0952. The highest BCUT2D eigenvalue weighted by molar-refractivity contribution is 9.10. The Hall–Kier alpha value is -1.88. The minimum atomic E-state index is -0.0391. The van der Waals surface area contributed by atoms with Crippen LogP contribution in [-0.4, -0.2) is 5.11 Å². The molecule has 0 radical (unpaired) electrons. The second-order valence-electron chi connectivity index (χ2n) is 5.98. The number of anilines is 1. The van der Waals surface area contributed by atoms with Crippen LogP contribution in [0, 0.1) is 6.92 Å². The van der Waals surface area contributed by atoms with Crippen molar-refractivity contribution in [3.05, 3.63) is 99.0 Å². The van der Waals surface area contributed by atoms with E-state index in [1.54, 1.807) is 0 Å². The zero-order chi connectivity index (χ0) is 18.5. The summed E-state index contributed by atoms with van der Waals surface area (Å²) in [7, 11) is 0. The number of thiocarbonyl (C=S) groups is 1. The summed E-state index contributed by atoms with van der Waals surface area (Å²) in [5, 5.41) is 7.80. The molecule has 0 aliphatic rings. The summed E-state index contributed by atoms with van der Waals surface area (Å²) in [6, 6.07) is 24.3. The van der Waals surface area contributed by atoms with Gasteiger partial charge in [-0.3, -0.25) is 0 Å². The van der Waals surface area contributed by atoms with Gasteiger partial charge in [0.05, 0.1) is 11.1 Å². The highest BCUT2D eigenvalue weighted by atomic mass is 79.9. The van der Waals surface area contributed by atoms with E-state index < -0.39 is 0 Å². The fourth-order valence-electron chi connectivity index (χ4n) is 2.64. The normalized spacial score (nSPS) is 11.7.